The Morgan fingerprint density at radius 2 is 1.85 bits per heavy atom. The predicted octanol–water partition coefficient (Wildman–Crippen LogP) is 1.52. The van der Waals surface area contributed by atoms with Crippen LogP contribution in [0.25, 0.3) is 0 Å². The molecule has 8 nitrogen and oxygen atoms in total. The summed E-state index contributed by atoms with van der Waals surface area (Å²) in [5, 5.41) is 7.03. The quantitative estimate of drug-likeness (QED) is 0.701. The minimum atomic E-state index is -4.05. The Labute approximate surface area is 151 Å². The second-order valence-corrected chi connectivity index (χ2v) is 7.12. The lowest BCUT2D eigenvalue weighted by Crippen LogP contribution is -2.31. The number of amides is 1. The third-order valence-corrected chi connectivity index (χ3v) is 4.44. The highest BCUT2D eigenvalue weighted by atomic mass is 32.2. The van der Waals surface area contributed by atoms with Crippen LogP contribution in [0.3, 0.4) is 0 Å². The van der Waals surface area contributed by atoms with Gasteiger partial charge in [-0.05, 0) is 36.6 Å². The fraction of sp³-hybridized carbons (Fsp3) is 0.294. The van der Waals surface area contributed by atoms with Gasteiger partial charge in [0, 0.05) is 0 Å². The predicted molar refractivity (Wildman–Crippen MR) is 92.7 cm³/mol. The topological polar surface area (TPSA) is 129 Å². The van der Waals surface area contributed by atoms with E-state index in [0.717, 1.165) is 24.1 Å². The average molecular weight is 380 g/mol. The summed E-state index contributed by atoms with van der Waals surface area (Å²) in [6.45, 7) is 3.34. The van der Waals surface area contributed by atoms with Gasteiger partial charge in [-0.1, -0.05) is 31.2 Å². The first-order valence-corrected chi connectivity index (χ1v) is 9.43. The first-order chi connectivity index (χ1) is 12.2. The van der Waals surface area contributed by atoms with E-state index in [2.05, 4.69) is 12.2 Å². The number of sulfonamides is 1. The number of nitrogens with one attached hydrogen (secondary N) is 1. The normalized spacial score (nSPS) is 12.4. The van der Waals surface area contributed by atoms with Crippen LogP contribution < -0.4 is 10.5 Å². The van der Waals surface area contributed by atoms with Gasteiger partial charge in [-0.2, -0.15) is 0 Å². The second-order valence-electron chi connectivity index (χ2n) is 5.62. The number of carbonyl (C=O) groups excluding carboxylic acids is 2. The van der Waals surface area contributed by atoms with Crippen molar-refractivity contribution in [2.24, 2.45) is 5.14 Å². The molecule has 1 amide bonds. The summed E-state index contributed by atoms with van der Waals surface area (Å²) in [5.74, 6) is -1.82. The molecule has 1 heterocycles. The van der Waals surface area contributed by atoms with Crippen molar-refractivity contribution in [3.8, 4) is 0 Å². The lowest BCUT2D eigenvalue weighted by molar-refractivity contribution is -0.124. The standard InChI is InChI=1S/C17H20N2O6S/c1-3-12-4-6-13(7-5-12)11(2)19-15(20)10-24-17(21)14-8-9-16(25-14)26(18,22)23/h4-9,11H,3,10H2,1-2H3,(H,19,20)(H2,18,22,23). The molecule has 2 rings (SSSR count). The molecule has 0 saturated heterocycles. The maximum Gasteiger partial charge on any atom is 0.374 e. The minimum Gasteiger partial charge on any atom is -0.450 e. The molecule has 3 N–H and O–H groups in total. The van der Waals surface area contributed by atoms with Crippen LogP contribution in [-0.2, 0) is 26.0 Å². The van der Waals surface area contributed by atoms with Gasteiger partial charge in [0.05, 0.1) is 6.04 Å². The molecule has 9 heteroatoms. The Balaban J connectivity index is 1.87. The minimum absolute atomic E-state index is 0.260. The van der Waals surface area contributed by atoms with Crippen molar-refractivity contribution in [2.75, 3.05) is 6.61 Å². The van der Waals surface area contributed by atoms with Gasteiger partial charge in [-0.3, -0.25) is 4.79 Å². The zero-order valence-electron chi connectivity index (χ0n) is 14.4. The monoisotopic (exact) mass is 380 g/mol. The number of hydrogen-bond donors (Lipinski definition) is 2. The highest BCUT2D eigenvalue weighted by Crippen LogP contribution is 2.15. The van der Waals surface area contributed by atoms with Gasteiger partial charge >= 0.3 is 5.97 Å². The highest BCUT2D eigenvalue weighted by molar-refractivity contribution is 7.89. The molecule has 0 radical (unpaired) electrons. The number of ether oxygens (including phenoxy) is 1. The first-order valence-electron chi connectivity index (χ1n) is 7.88. The molecule has 1 aromatic heterocycles. The van der Waals surface area contributed by atoms with E-state index in [0.29, 0.717) is 0 Å². The molecule has 0 saturated carbocycles. The van der Waals surface area contributed by atoms with Crippen LogP contribution in [0.15, 0.2) is 45.9 Å². The smallest absolute Gasteiger partial charge is 0.374 e. The van der Waals surface area contributed by atoms with Gasteiger partial charge in [0.2, 0.25) is 10.9 Å². The van der Waals surface area contributed by atoms with Crippen molar-refractivity contribution in [2.45, 2.75) is 31.4 Å². The molecule has 26 heavy (non-hydrogen) atoms. The zero-order valence-corrected chi connectivity index (χ0v) is 15.2. The van der Waals surface area contributed by atoms with Crippen LogP contribution in [0.1, 0.15) is 41.6 Å². The molecule has 0 aliphatic heterocycles. The maximum atomic E-state index is 11.9. The fourth-order valence-electron chi connectivity index (χ4n) is 2.19. The highest BCUT2D eigenvalue weighted by Gasteiger charge is 2.19. The van der Waals surface area contributed by atoms with Gasteiger partial charge in [-0.25, -0.2) is 18.4 Å². The summed E-state index contributed by atoms with van der Waals surface area (Å²) in [6.07, 6.45) is 0.928. The Hall–Kier alpha value is -2.65. The summed E-state index contributed by atoms with van der Waals surface area (Å²) in [6, 6.07) is 9.70. The fourth-order valence-corrected chi connectivity index (χ4v) is 2.66. The van der Waals surface area contributed by atoms with Crippen LogP contribution in [0.2, 0.25) is 0 Å². The lowest BCUT2D eigenvalue weighted by atomic mass is 10.1. The third-order valence-electron chi connectivity index (χ3n) is 3.66. The van der Waals surface area contributed by atoms with Gasteiger partial charge in [-0.15, -0.1) is 0 Å². The maximum absolute atomic E-state index is 11.9. The number of furan rings is 1. The Bertz CT molecular complexity index is 886. The number of primary sulfonamides is 1. The van der Waals surface area contributed by atoms with Crippen LogP contribution >= 0.6 is 0 Å². The number of esters is 1. The molecule has 1 unspecified atom stereocenters. The molecular formula is C17H20N2O6S. The molecule has 140 valence electrons. The number of carbonyl (C=O) groups is 2. The molecule has 1 atom stereocenters. The molecule has 2 aromatic rings. The summed E-state index contributed by atoms with van der Waals surface area (Å²) in [7, 11) is -4.05. The number of nitrogens with two attached hydrogens (primary N) is 1. The van der Waals surface area contributed by atoms with Crippen LogP contribution in [-0.4, -0.2) is 26.9 Å². The van der Waals surface area contributed by atoms with Gasteiger partial charge in [0.15, 0.2) is 6.61 Å². The molecule has 0 spiro atoms. The van der Waals surface area contributed by atoms with E-state index >= 15 is 0 Å². The third kappa shape index (κ3) is 5.17. The van der Waals surface area contributed by atoms with Crippen LogP contribution in [0.5, 0.6) is 0 Å². The molecule has 0 aliphatic carbocycles. The van der Waals surface area contributed by atoms with Gasteiger partial charge < -0.3 is 14.5 Å². The first kappa shape index (κ1) is 19.7. The molecule has 1 aromatic carbocycles. The van der Waals surface area contributed by atoms with Crippen molar-refractivity contribution in [1.82, 2.24) is 5.32 Å². The molecule has 0 fully saturated rings. The van der Waals surface area contributed by atoms with E-state index < -0.39 is 33.6 Å². The number of rotatable bonds is 7. The van der Waals surface area contributed by atoms with Crippen molar-refractivity contribution >= 4 is 21.9 Å². The Morgan fingerprint density at radius 1 is 1.19 bits per heavy atom. The second kappa shape index (κ2) is 8.15. The largest absolute Gasteiger partial charge is 0.450 e. The average Bonchev–Trinajstić information content (AvgIpc) is 3.10. The van der Waals surface area contributed by atoms with Gasteiger partial charge in [0.25, 0.3) is 15.9 Å². The summed E-state index contributed by atoms with van der Waals surface area (Å²) in [5.41, 5.74) is 2.12. The zero-order chi connectivity index (χ0) is 19.3. The summed E-state index contributed by atoms with van der Waals surface area (Å²) in [4.78, 5) is 23.7. The summed E-state index contributed by atoms with van der Waals surface area (Å²) < 4.78 is 31.8. The van der Waals surface area contributed by atoms with Crippen molar-refractivity contribution in [3.05, 3.63) is 53.3 Å². The van der Waals surface area contributed by atoms with E-state index in [9.17, 15) is 18.0 Å². The van der Waals surface area contributed by atoms with E-state index in [1.54, 1.807) is 0 Å². The number of benzene rings is 1. The van der Waals surface area contributed by atoms with Crippen molar-refractivity contribution < 1.29 is 27.2 Å². The summed E-state index contributed by atoms with van der Waals surface area (Å²) >= 11 is 0. The Kier molecular flexibility index (Phi) is 6.17. The van der Waals surface area contributed by atoms with Crippen molar-refractivity contribution in [3.63, 3.8) is 0 Å². The van der Waals surface area contributed by atoms with Crippen LogP contribution in [0.4, 0.5) is 0 Å². The number of hydrogen-bond acceptors (Lipinski definition) is 6. The lowest BCUT2D eigenvalue weighted by Gasteiger charge is -2.14. The molecule has 0 aliphatic rings. The SMILES string of the molecule is CCc1ccc(C(C)NC(=O)COC(=O)c2ccc(S(N)(=O)=O)o2)cc1. The van der Waals surface area contributed by atoms with E-state index in [1.807, 2.05) is 31.2 Å². The van der Waals surface area contributed by atoms with E-state index in [1.165, 1.54) is 5.56 Å². The van der Waals surface area contributed by atoms with Gasteiger partial charge in [0.1, 0.15) is 0 Å². The molecular weight excluding hydrogens is 360 g/mol. The van der Waals surface area contributed by atoms with E-state index in [4.69, 9.17) is 14.3 Å². The molecule has 0 bridgehead atoms. The van der Waals surface area contributed by atoms with E-state index in [-0.39, 0.29) is 11.8 Å². The number of aryl methyl sites for hydroxylation is 1. The Morgan fingerprint density at radius 3 is 2.38 bits per heavy atom. The van der Waals surface area contributed by atoms with Crippen molar-refractivity contribution in [1.29, 1.82) is 0 Å². The van der Waals surface area contributed by atoms with Crippen LogP contribution in [0, 0.1) is 0 Å².